The van der Waals surface area contributed by atoms with Crippen molar-refractivity contribution >= 4 is 40.6 Å². The van der Waals surface area contributed by atoms with Crippen LogP contribution in [-0.4, -0.2) is 28.4 Å². The van der Waals surface area contributed by atoms with Gasteiger partial charge in [0.25, 0.3) is 0 Å². The molecule has 7 heteroatoms. The molecule has 1 aliphatic rings. The van der Waals surface area contributed by atoms with Crippen molar-refractivity contribution in [2.45, 2.75) is 32.4 Å². The molecule has 2 N–H and O–H groups in total. The number of carbonyl (C=O) groups excluding carboxylic acids is 2. The van der Waals surface area contributed by atoms with Crippen molar-refractivity contribution in [1.29, 1.82) is 0 Å². The first-order chi connectivity index (χ1) is 10.5. The van der Waals surface area contributed by atoms with Crippen LogP contribution < -0.4 is 10.6 Å². The van der Waals surface area contributed by atoms with Crippen LogP contribution in [0.2, 0.25) is 0 Å². The minimum Gasteiger partial charge on any atom is -0.326 e. The molecule has 6 nitrogen and oxygen atoms in total. The lowest BCUT2D eigenvalue weighted by Crippen LogP contribution is -2.28. The van der Waals surface area contributed by atoms with Gasteiger partial charge in [-0.25, -0.2) is 0 Å². The van der Waals surface area contributed by atoms with Gasteiger partial charge in [-0.15, -0.1) is 5.10 Å². The molecule has 0 aromatic heterocycles. The average molecular weight is 318 g/mol. The summed E-state index contributed by atoms with van der Waals surface area (Å²) in [5.41, 5.74) is 2.91. The number of rotatable bonds is 4. The number of thioether (sulfide) groups is 1. The SMILES string of the molecule is C/C=N\N=C1/NC(=O)C(CC(=O)Nc2cccc(C)c2C)S1. The van der Waals surface area contributed by atoms with E-state index in [2.05, 4.69) is 20.8 Å². The molecule has 2 rings (SSSR count). The maximum atomic E-state index is 12.1. The van der Waals surface area contributed by atoms with Crippen molar-refractivity contribution in [2.24, 2.45) is 10.2 Å². The number of amidine groups is 1. The second-order valence-corrected chi connectivity index (χ2v) is 6.07. The molecule has 1 atom stereocenters. The zero-order chi connectivity index (χ0) is 16.1. The summed E-state index contributed by atoms with van der Waals surface area (Å²) in [4.78, 5) is 23.9. The molecule has 1 saturated heterocycles. The minimum atomic E-state index is -0.476. The lowest BCUT2D eigenvalue weighted by atomic mass is 10.1. The lowest BCUT2D eigenvalue weighted by molar-refractivity contribution is -0.122. The van der Waals surface area contributed by atoms with Gasteiger partial charge in [0, 0.05) is 18.3 Å². The van der Waals surface area contributed by atoms with Gasteiger partial charge in [-0.05, 0) is 38.0 Å². The third-order valence-corrected chi connectivity index (χ3v) is 4.36. The predicted molar refractivity (Wildman–Crippen MR) is 90.3 cm³/mol. The van der Waals surface area contributed by atoms with Crippen LogP contribution in [0.25, 0.3) is 0 Å². The Morgan fingerprint density at radius 3 is 2.95 bits per heavy atom. The summed E-state index contributed by atoms with van der Waals surface area (Å²) in [5.74, 6) is -0.409. The third kappa shape index (κ3) is 3.94. The number of hydrogen-bond acceptors (Lipinski definition) is 5. The fourth-order valence-electron chi connectivity index (χ4n) is 1.95. The second kappa shape index (κ2) is 7.22. The molecule has 1 fully saturated rings. The fourth-order valence-corrected chi connectivity index (χ4v) is 2.88. The van der Waals surface area contributed by atoms with Crippen molar-refractivity contribution in [3.63, 3.8) is 0 Å². The molecule has 0 radical (unpaired) electrons. The highest BCUT2D eigenvalue weighted by Crippen LogP contribution is 2.24. The highest BCUT2D eigenvalue weighted by atomic mass is 32.2. The van der Waals surface area contributed by atoms with E-state index in [0.717, 1.165) is 16.8 Å². The Labute approximate surface area is 133 Å². The molecule has 116 valence electrons. The second-order valence-electron chi connectivity index (χ2n) is 4.87. The Hall–Kier alpha value is -2.15. The molecule has 1 heterocycles. The van der Waals surface area contributed by atoms with E-state index < -0.39 is 5.25 Å². The van der Waals surface area contributed by atoms with Crippen LogP contribution in [0.4, 0.5) is 5.69 Å². The smallest absolute Gasteiger partial charge is 0.240 e. The summed E-state index contributed by atoms with van der Waals surface area (Å²) in [6.07, 6.45) is 1.62. The van der Waals surface area contributed by atoms with E-state index in [1.54, 1.807) is 6.92 Å². The zero-order valence-electron chi connectivity index (χ0n) is 12.7. The Kier molecular flexibility index (Phi) is 5.32. The highest BCUT2D eigenvalue weighted by Gasteiger charge is 2.32. The number of aryl methyl sites for hydroxylation is 1. The molecule has 0 aliphatic carbocycles. The number of nitrogens with zero attached hydrogens (tertiary/aromatic N) is 2. The number of nitrogens with one attached hydrogen (secondary N) is 2. The van der Waals surface area contributed by atoms with Gasteiger partial charge in [-0.1, -0.05) is 23.9 Å². The highest BCUT2D eigenvalue weighted by molar-refractivity contribution is 8.15. The van der Waals surface area contributed by atoms with E-state index in [0.29, 0.717) is 5.17 Å². The standard InChI is InChI=1S/C15H18N4O2S/c1-4-16-19-15-18-14(21)12(22-15)8-13(20)17-11-7-5-6-9(2)10(11)3/h4-7,12H,8H2,1-3H3,(H,17,20)(H,18,19,21)/b16-4-. The summed E-state index contributed by atoms with van der Waals surface area (Å²) < 4.78 is 0. The van der Waals surface area contributed by atoms with Gasteiger partial charge in [-0.2, -0.15) is 5.10 Å². The molecule has 1 aromatic rings. The van der Waals surface area contributed by atoms with E-state index >= 15 is 0 Å². The van der Waals surface area contributed by atoms with E-state index in [9.17, 15) is 9.59 Å². The summed E-state index contributed by atoms with van der Waals surface area (Å²) >= 11 is 1.22. The topological polar surface area (TPSA) is 82.9 Å². The molecular formula is C15H18N4O2S. The van der Waals surface area contributed by atoms with Crippen LogP contribution in [0.3, 0.4) is 0 Å². The summed E-state index contributed by atoms with van der Waals surface area (Å²) in [5, 5.41) is 13.0. The number of hydrogen-bond donors (Lipinski definition) is 2. The van der Waals surface area contributed by atoms with E-state index in [1.807, 2.05) is 32.0 Å². The predicted octanol–water partition coefficient (Wildman–Crippen LogP) is 2.23. The van der Waals surface area contributed by atoms with Gasteiger partial charge < -0.3 is 10.6 Å². The molecule has 1 aliphatic heterocycles. The quantitative estimate of drug-likeness (QED) is 0.659. The third-order valence-electron chi connectivity index (χ3n) is 3.29. The monoisotopic (exact) mass is 318 g/mol. The van der Waals surface area contributed by atoms with Crippen molar-refractivity contribution in [3.05, 3.63) is 29.3 Å². The number of amides is 2. The van der Waals surface area contributed by atoms with E-state index in [-0.39, 0.29) is 18.2 Å². The Bertz CT molecular complexity index is 655. The fraction of sp³-hybridized carbons (Fsp3) is 0.333. The van der Waals surface area contributed by atoms with Gasteiger partial charge >= 0.3 is 0 Å². The normalized spacial score (nSPS) is 19.7. The van der Waals surface area contributed by atoms with Crippen LogP contribution in [-0.2, 0) is 9.59 Å². The molecule has 0 bridgehead atoms. The van der Waals surface area contributed by atoms with Crippen LogP contribution in [0, 0.1) is 13.8 Å². The largest absolute Gasteiger partial charge is 0.326 e. The first-order valence-electron chi connectivity index (χ1n) is 6.90. The number of anilines is 1. The van der Waals surface area contributed by atoms with Crippen molar-refractivity contribution in [3.8, 4) is 0 Å². The Morgan fingerprint density at radius 1 is 1.45 bits per heavy atom. The van der Waals surface area contributed by atoms with Crippen LogP contribution in [0.5, 0.6) is 0 Å². The minimum absolute atomic E-state index is 0.0960. The lowest BCUT2D eigenvalue weighted by Gasteiger charge is -2.11. The average Bonchev–Trinajstić information content (AvgIpc) is 2.82. The van der Waals surface area contributed by atoms with Gasteiger partial charge in [0.1, 0.15) is 5.25 Å². The van der Waals surface area contributed by atoms with Crippen LogP contribution >= 0.6 is 11.8 Å². The Balaban J connectivity index is 1.98. The molecule has 0 spiro atoms. The van der Waals surface area contributed by atoms with Crippen molar-refractivity contribution in [2.75, 3.05) is 5.32 Å². The van der Waals surface area contributed by atoms with E-state index in [1.165, 1.54) is 18.0 Å². The molecular weight excluding hydrogens is 300 g/mol. The Morgan fingerprint density at radius 2 is 2.23 bits per heavy atom. The summed E-state index contributed by atoms with van der Waals surface area (Å²) in [7, 11) is 0. The van der Waals surface area contributed by atoms with Crippen LogP contribution in [0.15, 0.2) is 28.4 Å². The summed E-state index contributed by atoms with van der Waals surface area (Å²) in [6.45, 7) is 5.68. The first kappa shape index (κ1) is 16.2. The van der Waals surface area contributed by atoms with Gasteiger partial charge in [0.2, 0.25) is 11.8 Å². The molecule has 0 saturated carbocycles. The van der Waals surface area contributed by atoms with Crippen LogP contribution in [0.1, 0.15) is 24.5 Å². The van der Waals surface area contributed by atoms with Gasteiger partial charge in [0.15, 0.2) is 5.17 Å². The van der Waals surface area contributed by atoms with E-state index in [4.69, 9.17) is 0 Å². The first-order valence-corrected chi connectivity index (χ1v) is 7.78. The molecule has 22 heavy (non-hydrogen) atoms. The maximum Gasteiger partial charge on any atom is 0.240 e. The van der Waals surface area contributed by atoms with Crippen molar-refractivity contribution in [1.82, 2.24) is 5.32 Å². The van der Waals surface area contributed by atoms with Gasteiger partial charge in [-0.3, -0.25) is 9.59 Å². The molecule has 1 unspecified atom stereocenters. The molecule has 1 aromatic carbocycles. The zero-order valence-corrected chi connectivity index (χ0v) is 13.5. The van der Waals surface area contributed by atoms with Gasteiger partial charge in [0.05, 0.1) is 0 Å². The maximum absolute atomic E-state index is 12.1. The number of carbonyl (C=O) groups is 2. The van der Waals surface area contributed by atoms with Crippen molar-refractivity contribution < 1.29 is 9.59 Å². The molecule has 2 amide bonds. The number of benzene rings is 1. The summed E-state index contributed by atoms with van der Waals surface area (Å²) in [6, 6.07) is 5.73.